The predicted octanol–water partition coefficient (Wildman–Crippen LogP) is 1.01. The largest absolute Gasteiger partial charge is 0.473 e. The van der Waals surface area contributed by atoms with Crippen LogP contribution < -0.4 is 10.1 Å². The van der Waals surface area contributed by atoms with Gasteiger partial charge in [0.15, 0.2) is 5.82 Å². The molecule has 1 fully saturated rings. The van der Waals surface area contributed by atoms with Gasteiger partial charge in [0.05, 0.1) is 0 Å². The van der Waals surface area contributed by atoms with E-state index in [2.05, 4.69) is 15.4 Å². The zero-order valence-corrected chi connectivity index (χ0v) is 9.41. The van der Waals surface area contributed by atoms with Crippen molar-refractivity contribution in [3.63, 3.8) is 0 Å². The smallest absolute Gasteiger partial charge is 0.215 e. The average molecular weight is 230 g/mol. The van der Waals surface area contributed by atoms with Gasteiger partial charge in [-0.25, -0.2) is 4.68 Å². The van der Waals surface area contributed by atoms with Crippen molar-refractivity contribution in [1.82, 2.24) is 20.1 Å². The molecule has 1 aliphatic rings. The minimum Gasteiger partial charge on any atom is -0.473 e. The minimum absolute atomic E-state index is 0.232. The molecule has 1 atom stereocenters. The first-order valence-corrected chi connectivity index (χ1v) is 5.76. The van der Waals surface area contributed by atoms with E-state index >= 15 is 0 Å². The Bertz CT molecular complexity index is 477. The molecule has 17 heavy (non-hydrogen) atoms. The van der Waals surface area contributed by atoms with Gasteiger partial charge in [0.2, 0.25) is 5.88 Å². The van der Waals surface area contributed by atoms with E-state index in [0.717, 1.165) is 25.3 Å². The predicted molar refractivity (Wildman–Crippen MR) is 63.3 cm³/mol. The molecular formula is C12H14N4O. The monoisotopic (exact) mass is 230 g/mol. The molecule has 3 heterocycles. The molecule has 1 N–H and O–H groups in total. The van der Waals surface area contributed by atoms with Gasteiger partial charge >= 0.3 is 0 Å². The van der Waals surface area contributed by atoms with E-state index in [4.69, 9.17) is 4.74 Å². The number of rotatable bonds is 3. The van der Waals surface area contributed by atoms with Gasteiger partial charge in [-0.1, -0.05) is 6.07 Å². The summed E-state index contributed by atoms with van der Waals surface area (Å²) in [7, 11) is 0. The minimum atomic E-state index is 0.232. The summed E-state index contributed by atoms with van der Waals surface area (Å²) in [4.78, 5) is 4.43. The van der Waals surface area contributed by atoms with Gasteiger partial charge in [-0.15, -0.1) is 0 Å². The van der Waals surface area contributed by atoms with Crippen molar-refractivity contribution in [3.05, 3.63) is 36.7 Å². The molecule has 3 rings (SSSR count). The first-order chi connectivity index (χ1) is 8.42. The third kappa shape index (κ3) is 2.29. The summed E-state index contributed by atoms with van der Waals surface area (Å²) in [5.41, 5.74) is 0. The van der Waals surface area contributed by atoms with Crippen LogP contribution in [0.1, 0.15) is 6.42 Å². The lowest BCUT2D eigenvalue weighted by molar-refractivity contribution is 0.214. The zero-order valence-electron chi connectivity index (χ0n) is 9.41. The van der Waals surface area contributed by atoms with Gasteiger partial charge in [-0.2, -0.15) is 10.1 Å². The fraction of sp³-hybridized carbons (Fsp3) is 0.333. The summed E-state index contributed by atoms with van der Waals surface area (Å²) >= 11 is 0. The van der Waals surface area contributed by atoms with E-state index < -0.39 is 0 Å². The van der Waals surface area contributed by atoms with Gasteiger partial charge in [0.25, 0.3) is 0 Å². The molecule has 88 valence electrons. The highest BCUT2D eigenvalue weighted by molar-refractivity contribution is 5.26. The van der Waals surface area contributed by atoms with E-state index in [1.807, 2.05) is 30.5 Å². The number of nitrogens with zero attached hydrogens (tertiary/aromatic N) is 3. The molecule has 0 amide bonds. The Labute approximate surface area is 99.4 Å². The SMILES string of the molecule is c1cc(OC2CCNC2)nc(-n2cccn2)c1. The Kier molecular flexibility index (Phi) is 2.75. The van der Waals surface area contributed by atoms with Crippen LogP contribution in [-0.4, -0.2) is 34.0 Å². The summed E-state index contributed by atoms with van der Waals surface area (Å²) in [6, 6.07) is 7.59. The highest BCUT2D eigenvalue weighted by Crippen LogP contribution is 2.14. The van der Waals surface area contributed by atoms with Crippen LogP contribution in [0.3, 0.4) is 0 Å². The lowest BCUT2D eigenvalue weighted by Gasteiger charge is -2.12. The molecule has 0 bridgehead atoms. The number of pyridine rings is 1. The van der Waals surface area contributed by atoms with Crippen LogP contribution in [0.5, 0.6) is 5.88 Å². The second-order valence-electron chi connectivity index (χ2n) is 4.02. The van der Waals surface area contributed by atoms with Crippen molar-refractivity contribution in [2.24, 2.45) is 0 Å². The normalized spacial score (nSPS) is 19.4. The Morgan fingerprint density at radius 3 is 3.12 bits per heavy atom. The molecular weight excluding hydrogens is 216 g/mol. The van der Waals surface area contributed by atoms with Crippen LogP contribution in [0.15, 0.2) is 36.7 Å². The number of nitrogens with one attached hydrogen (secondary N) is 1. The molecule has 1 unspecified atom stereocenters. The van der Waals surface area contributed by atoms with E-state index in [1.165, 1.54) is 0 Å². The van der Waals surface area contributed by atoms with Crippen LogP contribution >= 0.6 is 0 Å². The fourth-order valence-electron chi connectivity index (χ4n) is 1.90. The highest BCUT2D eigenvalue weighted by Gasteiger charge is 2.16. The second kappa shape index (κ2) is 4.55. The van der Waals surface area contributed by atoms with Crippen LogP contribution in [0, 0.1) is 0 Å². The molecule has 5 heteroatoms. The zero-order chi connectivity index (χ0) is 11.5. The number of hydrogen-bond donors (Lipinski definition) is 1. The topological polar surface area (TPSA) is 52.0 Å². The van der Waals surface area contributed by atoms with Gasteiger partial charge in [0.1, 0.15) is 6.10 Å². The van der Waals surface area contributed by atoms with Crippen molar-refractivity contribution >= 4 is 0 Å². The molecule has 1 aliphatic heterocycles. The van der Waals surface area contributed by atoms with Crippen LogP contribution in [-0.2, 0) is 0 Å². The molecule has 2 aromatic rings. The maximum atomic E-state index is 5.80. The van der Waals surface area contributed by atoms with E-state index in [1.54, 1.807) is 10.9 Å². The first-order valence-electron chi connectivity index (χ1n) is 5.76. The van der Waals surface area contributed by atoms with Crippen molar-refractivity contribution < 1.29 is 4.74 Å². The standard InChI is InChI=1S/C12H14N4O/c1-3-11(16-8-2-6-14-16)15-12(4-1)17-10-5-7-13-9-10/h1-4,6,8,10,13H,5,7,9H2. The molecule has 0 saturated carbocycles. The summed E-state index contributed by atoms with van der Waals surface area (Å²) in [5, 5.41) is 7.41. The quantitative estimate of drug-likeness (QED) is 0.855. The van der Waals surface area contributed by atoms with Crippen molar-refractivity contribution in [3.8, 4) is 11.7 Å². The van der Waals surface area contributed by atoms with Gasteiger partial charge in [-0.3, -0.25) is 0 Å². The highest BCUT2D eigenvalue weighted by atomic mass is 16.5. The van der Waals surface area contributed by atoms with Crippen LogP contribution in [0.25, 0.3) is 5.82 Å². The third-order valence-corrected chi connectivity index (χ3v) is 2.75. The fourth-order valence-corrected chi connectivity index (χ4v) is 1.90. The maximum Gasteiger partial charge on any atom is 0.215 e. The molecule has 0 aromatic carbocycles. The van der Waals surface area contributed by atoms with Crippen molar-refractivity contribution in [1.29, 1.82) is 0 Å². The average Bonchev–Trinajstić information content (AvgIpc) is 3.01. The van der Waals surface area contributed by atoms with E-state index in [9.17, 15) is 0 Å². The van der Waals surface area contributed by atoms with Crippen LogP contribution in [0.2, 0.25) is 0 Å². The van der Waals surface area contributed by atoms with E-state index in [-0.39, 0.29) is 6.10 Å². The molecule has 1 saturated heterocycles. The molecule has 0 aliphatic carbocycles. The number of ether oxygens (including phenoxy) is 1. The lowest BCUT2D eigenvalue weighted by atomic mass is 10.3. The van der Waals surface area contributed by atoms with Gasteiger partial charge in [-0.05, 0) is 25.1 Å². The molecule has 5 nitrogen and oxygen atoms in total. The third-order valence-electron chi connectivity index (χ3n) is 2.75. The Morgan fingerprint density at radius 1 is 1.35 bits per heavy atom. The summed E-state index contributed by atoms with van der Waals surface area (Å²) < 4.78 is 7.52. The molecule has 0 radical (unpaired) electrons. The summed E-state index contributed by atoms with van der Waals surface area (Å²) in [5.74, 6) is 1.44. The number of aromatic nitrogens is 3. The van der Waals surface area contributed by atoms with Crippen molar-refractivity contribution in [2.45, 2.75) is 12.5 Å². The van der Waals surface area contributed by atoms with Gasteiger partial charge in [0, 0.05) is 25.0 Å². The Balaban J connectivity index is 1.79. The second-order valence-corrected chi connectivity index (χ2v) is 4.02. The first kappa shape index (κ1) is 10.3. The number of hydrogen-bond acceptors (Lipinski definition) is 4. The summed E-state index contributed by atoms with van der Waals surface area (Å²) in [6.07, 6.45) is 4.86. The maximum absolute atomic E-state index is 5.80. The Morgan fingerprint density at radius 2 is 2.35 bits per heavy atom. The lowest BCUT2D eigenvalue weighted by Crippen LogP contribution is -2.20. The molecule has 2 aromatic heterocycles. The van der Waals surface area contributed by atoms with E-state index in [0.29, 0.717) is 5.88 Å². The Hall–Kier alpha value is -1.88. The van der Waals surface area contributed by atoms with Crippen LogP contribution in [0.4, 0.5) is 0 Å². The molecule has 0 spiro atoms. The van der Waals surface area contributed by atoms with Crippen molar-refractivity contribution in [2.75, 3.05) is 13.1 Å². The van der Waals surface area contributed by atoms with Gasteiger partial charge < -0.3 is 10.1 Å². The summed E-state index contributed by atoms with van der Waals surface area (Å²) in [6.45, 7) is 1.91.